The van der Waals surface area contributed by atoms with Crippen LogP contribution in [0.1, 0.15) is 26.7 Å². The SMILES string of the molecule is CC(C)(C#N)CCCn1ncc(=O)c2ccccc21. The maximum absolute atomic E-state index is 11.7. The number of hydrogen-bond donors (Lipinski definition) is 0. The average Bonchev–Trinajstić information content (AvgIpc) is 2.42. The lowest BCUT2D eigenvalue weighted by atomic mass is 9.90. The molecule has 2 aromatic rings. The predicted molar refractivity (Wildman–Crippen MR) is 74.6 cm³/mol. The summed E-state index contributed by atoms with van der Waals surface area (Å²) in [5.74, 6) is 0. The molecule has 0 aliphatic heterocycles. The molecule has 0 aliphatic carbocycles. The number of nitrogens with zero attached hydrogens (tertiary/aromatic N) is 3. The Balaban J connectivity index is 2.21. The number of fused-ring (bicyclic) bond motifs is 1. The van der Waals surface area contributed by atoms with Crippen molar-refractivity contribution in [2.45, 2.75) is 33.2 Å². The van der Waals surface area contributed by atoms with Gasteiger partial charge in [0.2, 0.25) is 5.43 Å². The molecule has 0 saturated heterocycles. The van der Waals surface area contributed by atoms with E-state index in [1.807, 2.05) is 42.8 Å². The fourth-order valence-electron chi connectivity index (χ4n) is 2.07. The second kappa shape index (κ2) is 5.23. The lowest BCUT2D eigenvalue weighted by Gasteiger charge is -2.15. The summed E-state index contributed by atoms with van der Waals surface area (Å²) in [4.78, 5) is 11.7. The topological polar surface area (TPSA) is 58.7 Å². The van der Waals surface area contributed by atoms with Crippen LogP contribution in [-0.4, -0.2) is 9.78 Å². The maximum atomic E-state index is 11.7. The van der Waals surface area contributed by atoms with Crippen molar-refractivity contribution >= 4 is 10.9 Å². The third-order valence-corrected chi connectivity index (χ3v) is 3.24. The first kappa shape index (κ1) is 13.3. The number of rotatable bonds is 4. The summed E-state index contributed by atoms with van der Waals surface area (Å²) in [5, 5.41) is 13.9. The Morgan fingerprint density at radius 2 is 2.11 bits per heavy atom. The Hall–Kier alpha value is -2.15. The van der Waals surface area contributed by atoms with Crippen molar-refractivity contribution in [1.82, 2.24) is 9.78 Å². The van der Waals surface area contributed by atoms with E-state index in [0.29, 0.717) is 11.9 Å². The quantitative estimate of drug-likeness (QED) is 0.844. The molecule has 0 bridgehead atoms. The van der Waals surface area contributed by atoms with Gasteiger partial charge in [-0.25, -0.2) is 0 Å². The van der Waals surface area contributed by atoms with Gasteiger partial charge in [0, 0.05) is 11.9 Å². The average molecular weight is 255 g/mol. The van der Waals surface area contributed by atoms with Gasteiger partial charge in [-0.2, -0.15) is 10.4 Å². The van der Waals surface area contributed by atoms with Crippen molar-refractivity contribution in [2.24, 2.45) is 5.41 Å². The summed E-state index contributed by atoms with van der Waals surface area (Å²) >= 11 is 0. The van der Waals surface area contributed by atoms with Crippen molar-refractivity contribution in [2.75, 3.05) is 0 Å². The lowest BCUT2D eigenvalue weighted by molar-refractivity contribution is 0.409. The molecule has 98 valence electrons. The summed E-state index contributed by atoms with van der Waals surface area (Å²) in [6, 6.07) is 9.77. The largest absolute Gasteiger partial charge is 0.287 e. The van der Waals surface area contributed by atoms with E-state index >= 15 is 0 Å². The first-order valence-electron chi connectivity index (χ1n) is 6.40. The van der Waals surface area contributed by atoms with Crippen molar-refractivity contribution < 1.29 is 0 Å². The van der Waals surface area contributed by atoms with Crippen LogP contribution in [0.25, 0.3) is 10.9 Å². The Kier molecular flexibility index (Phi) is 3.66. The van der Waals surface area contributed by atoms with Crippen LogP contribution in [-0.2, 0) is 6.54 Å². The van der Waals surface area contributed by atoms with Gasteiger partial charge in [0.05, 0.1) is 23.2 Å². The monoisotopic (exact) mass is 255 g/mol. The van der Waals surface area contributed by atoms with Crippen molar-refractivity contribution in [3.63, 3.8) is 0 Å². The molecule has 0 saturated carbocycles. The molecule has 2 rings (SSSR count). The Morgan fingerprint density at radius 3 is 2.84 bits per heavy atom. The standard InChI is InChI=1S/C15H17N3O/c1-15(2,11-16)8-5-9-18-13-7-4-3-6-12(13)14(19)10-17-18/h3-4,6-7,10H,5,8-9H2,1-2H3. The third-order valence-electron chi connectivity index (χ3n) is 3.24. The van der Waals surface area contributed by atoms with Crippen LogP contribution in [0.4, 0.5) is 0 Å². The van der Waals surface area contributed by atoms with Gasteiger partial charge in [0.25, 0.3) is 0 Å². The van der Waals surface area contributed by atoms with Crippen LogP contribution in [0.2, 0.25) is 0 Å². The molecule has 0 N–H and O–H groups in total. The molecule has 19 heavy (non-hydrogen) atoms. The normalized spacial score (nSPS) is 11.4. The molecular formula is C15H17N3O. The molecule has 0 radical (unpaired) electrons. The van der Waals surface area contributed by atoms with E-state index in [2.05, 4.69) is 11.2 Å². The zero-order valence-electron chi connectivity index (χ0n) is 11.3. The van der Waals surface area contributed by atoms with Gasteiger partial charge in [-0.3, -0.25) is 9.48 Å². The summed E-state index contributed by atoms with van der Waals surface area (Å²) in [6.07, 6.45) is 3.03. The smallest absolute Gasteiger partial charge is 0.207 e. The van der Waals surface area contributed by atoms with Crippen molar-refractivity contribution in [3.05, 3.63) is 40.7 Å². The van der Waals surface area contributed by atoms with Crippen LogP contribution < -0.4 is 5.43 Å². The molecule has 0 atom stereocenters. The van der Waals surface area contributed by atoms with E-state index in [9.17, 15) is 4.79 Å². The highest BCUT2D eigenvalue weighted by Crippen LogP contribution is 2.21. The molecule has 1 aromatic carbocycles. The molecule has 1 heterocycles. The van der Waals surface area contributed by atoms with E-state index in [1.165, 1.54) is 6.20 Å². The number of nitriles is 1. The molecule has 1 aromatic heterocycles. The fourth-order valence-corrected chi connectivity index (χ4v) is 2.07. The highest BCUT2D eigenvalue weighted by Gasteiger charge is 2.15. The van der Waals surface area contributed by atoms with E-state index in [1.54, 1.807) is 0 Å². The highest BCUT2D eigenvalue weighted by molar-refractivity contribution is 5.77. The van der Waals surface area contributed by atoms with Crippen molar-refractivity contribution in [3.8, 4) is 6.07 Å². The summed E-state index contributed by atoms with van der Waals surface area (Å²) < 4.78 is 1.84. The van der Waals surface area contributed by atoms with Gasteiger partial charge in [-0.05, 0) is 38.8 Å². The number of hydrogen-bond acceptors (Lipinski definition) is 3. The van der Waals surface area contributed by atoms with Crippen molar-refractivity contribution in [1.29, 1.82) is 5.26 Å². The van der Waals surface area contributed by atoms with E-state index in [4.69, 9.17) is 5.26 Å². The van der Waals surface area contributed by atoms with Crippen LogP contribution in [0, 0.1) is 16.7 Å². The van der Waals surface area contributed by atoms with E-state index < -0.39 is 0 Å². The minimum atomic E-state index is -0.311. The second-order valence-corrected chi connectivity index (χ2v) is 5.35. The summed E-state index contributed by atoms with van der Waals surface area (Å²) in [5.41, 5.74) is 0.489. The Labute approximate surface area is 112 Å². The summed E-state index contributed by atoms with van der Waals surface area (Å²) in [7, 11) is 0. The lowest BCUT2D eigenvalue weighted by Crippen LogP contribution is -2.14. The van der Waals surface area contributed by atoms with Gasteiger partial charge in [-0.15, -0.1) is 0 Å². The Bertz CT molecular complexity index is 680. The first-order valence-corrected chi connectivity index (χ1v) is 6.40. The zero-order chi connectivity index (χ0) is 13.9. The van der Waals surface area contributed by atoms with Gasteiger partial charge < -0.3 is 0 Å². The molecule has 4 nitrogen and oxygen atoms in total. The predicted octanol–water partition coefficient (Wildman–Crippen LogP) is 2.73. The number of benzene rings is 1. The van der Waals surface area contributed by atoms with Crippen LogP contribution in [0.5, 0.6) is 0 Å². The van der Waals surface area contributed by atoms with Crippen LogP contribution in [0.15, 0.2) is 35.3 Å². The minimum absolute atomic E-state index is 0.0517. The molecule has 0 unspecified atom stereocenters. The number of aromatic nitrogens is 2. The number of para-hydroxylation sites is 1. The molecular weight excluding hydrogens is 238 g/mol. The first-order chi connectivity index (χ1) is 9.03. The van der Waals surface area contributed by atoms with Crippen LogP contribution in [0.3, 0.4) is 0 Å². The summed E-state index contributed by atoms with van der Waals surface area (Å²) in [6.45, 7) is 4.58. The molecule has 0 fully saturated rings. The van der Waals surface area contributed by atoms with Gasteiger partial charge in [-0.1, -0.05) is 12.1 Å². The van der Waals surface area contributed by atoms with Crippen LogP contribution >= 0.6 is 0 Å². The Morgan fingerprint density at radius 1 is 1.37 bits per heavy atom. The highest BCUT2D eigenvalue weighted by atomic mass is 16.1. The van der Waals surface area contributed by atoms with Gasteiger partial charge in [0.1, 0.15) is 0 Å². The second-order valence-electron chi connectivity index (χ2n) is 5.35. The van der Waals surface area contributed by atoms with E-state index in [0.717, 1.165) is 18.4 Å². The molecule has 0 aliphatic rings. The zero-order valence-corrected chi connectivity index (χ0v) is 11.3. The van der Waals surface area contributed by atoms with Gasteiger partial charge in [0.15, 0.2) is 0 Å². The minimum Gasteiger partial charge on any atom is -0.287 e. The third kappa shape index (κ3) is 3.00. The molecule has 4 heteroatoms. The molecule has 0 amide bonds. The maximum Gasteiger partial charge on any atom is 0.207 e. The van der Waals surface area contributed by atoms with Gasteiger partial charge >= 0.3 is 0 Å². The fraction of sp³-hybridized carbons (Fsp3) is 0.400. The molecule has 0 spiro atoms. The van der Waals surface area contributed by atoms with E-state index in [-0.39, 0.29) is 10.8 Å². The number of aryl methyl sites for hydroxylation is 1.